The van der Waals surface area contributed by atoms with E-state index in [1.54, 1.807) is 0 Å². The molecule has 1 aromatic rings. The second-order valence-corrected chi connectivity index (χ2v) is 13.2. The number of aromatic nitrogens is 2. The summed E-state index contributed by atoms with van der Waals surface area (Å²) in [4.78, 5) is 46.0. The van der Waals surface area contributed by atoms with Crippen molar-refractivity contribution in [1.29, 1.82) is 0 Å². The molecule has 0 aromatic carbocycles. The maximum atomic E-state index is 12.5. The van der Waals surface area contributed by atoms with E-state index in [-0.39, 0.29) is 0 Å². The van der Waals surface area contributed by atoms with Crippen LogP contribution >= 0.6 is 14.5 Å². The van der Waals surface area contributed by atoms with Gasteiger partial charge in [0.15, 0.2) is 18.1 Å². The highest BCUT2D eigenvalue weighted by molar-refractivity contribution is 8.08. The molecule has 2 fully saturated rings. The van der Waals surface area contributed by atoms with Crippen molar-refractivity contribution < 1.29 is 72.9 Å². The van der Waals surface area contributed by atoms with Crippen molar-refractivity contribution in [3.63, 3.8) is 0 Å². The normalized spacial score (nSPS) is 37.5. The Kier molecular flexibility index (Phi) is 10.8. The second-order valence-electron chi connectivity index (χ2n) is 8.84. The first-order valence-corrected chi connectivity index (χ1v) is 15.5. The second kappa shape index (κ2) is 13.0. The number of ether oxygens (including phenoxy) is 2. The van der Waals surface area contributed by atoms with E-state index < -0.39 is 99.9 Å². The molecule has 22 heteroatoms. The lowest BCUT2D eigenvalue weighted by Crippen LogP contribution is -2.61. The summed E-state index contributed by atoms with van der Waals surface area (Å²) in [5, 5.41) is 70.4. The number of aromatic amines is 1. The summed E-state index contributed by atoms with van der Waals surface area (Å²) in [7, 11) is -5.52. The van der Waals surface area contributed by atoms with E-state index in [0.29, 0.717) is 0 Å². The number of aliphatic hydroxyl groups excluding tert-OH is 6. The minimum absolute atomic E-state index is 0.724. The predicted octanol–water partition coefficient (Wildman–Crippen LogP) is -4.61. The van der Waals surface area contributed by atoms with Gasteiger partial charge < -0.3 is 59.5 Å². The van der Waals surface area contributed by atoms with E-state index in [2.05, 4.69) is 33.0 Å². The molecule has 2 saturated heterocycles. The number of phosphoric acid groups is 1. The van der Waals surface area contributed by atoms with Gasteiger partial charge in [0.2, 0.25) is 0 Å². The van der Waals surface area contributed by atoms with Gasteiger partial charge in [-0.1, -0.05) is 6.58 Å². The van der Waals surface area contributed by atoms with Crippen LogP contribution in [0.5, 0.6) is 0 Å². The number of nitrogens with one attached hydrogen (secondary N) is 1. The molecule has 10 N–H and O–H groups in total. The highest BCUT2D eigenvalue weighted by Gasteiger charge is 2.56. The van der Waals surface area contributed by atoms with E-state index in [4.69, 9.17) is 19.1 Å². The Labute approximate surface area is 234 Å². The summed E-state index contributed by atoms with van der Waals surface area (Å²) in [5.41, 5.74) is -1.95. The van der Waals surface area contributed by atoms with Crippen LogP contribution in [-0.2, 0) is 39.2 Å². The smallest absolute Gasteiger partial charge is 0.394 e. The monoisotopic (exact) mass is 650 g/mol. The van der Waals surface area contributed by atoms with Crippen molar-refractivity contribution >= 4 is 26.3 Å². The van der Waals surface area contributed by atoms with Gasteiger partial charge in [-0.05, 0) is 17.9 Å². The molecule has 7 unspecified atom stereocenters. The first kappa shape index (κ1) is 34.0. The SMILES string of the molecule is C=C=C[C@@]1(O)[C@H](O)[C@@H](COP(O)(=S)OP(=O)(O)OC2OC([C@@H](O)CO)C(O)C(O)C2O)O[C@H]1n1ccc(=O)[nH]c1=O. The fourth-order valence-corrected chi connectivity index (χ4v) is 7.10. The molecule has 3 rings (SSSR count). The average molecular weight is 650 g/mol. The summed E-state index contributed by atoms with van der Waals surface area (Å²) in [5.74, 6) is 0. The van der Waals surface area contributed by atoms with Crippen molar-refractivity contribution in [1.82, 2.24) is 9.55 Å². The van der Waals surface area contributed by atoms with Gasteiger partial charge in [-0.3, -0.25) is 18.9 Å². The summed E-state index contributed by atoms with van der Waals surface area (Å²) < 4.78 is 37.7. The van der Waals surface area contributed by atoms with E-state index >= 15 is 0 Å². The van der Waals surface area contributed by atoms with Crippen LogP contribution in [0.15, 0.2) is 40.2 Å². The van der Waals surface area contributed by atoms with Gasteiger partial charge in [0, 0.05) is 12.3 Å². The van der Waals surface area contributed by atoms with Gasteiger partial charge in [0.05, 0.1) is 13.2 Å². The average Bonchev–Trinajstić information content (AvgIpc) is 3.11. The third kappa shape index (κ3) is 7.54. The molecule has 232 valence electrons. The molecule has 0 radical (unpaired) electrons. The highest BCUT2D eigenvalue weighted by Crippen LogP contribution is 2.62. The molecular weight excluding hydrogens is 622 g/mol. The van der Waals surface area contributed by atoms with Crippen molar-refractivity contribution in [2.24, 2.45) is 0 Å². The molecule has 1 aromatic heterocycles. The third-order valence-electron chi connectivity index (χ3n) is 5.98. The van der Waals surface area contributed by atoms with Crippen LogP contribution in [0.3, 0.4) is 0 Å². The molecule has 0 aliphatic carbocycles. The quantitative estimate of drug-likeness (QED) is 0.0796. The lowest BCUT2D eigenvalue weighted by Gasteiger charge is -2.41. The van der Waals surface area contributed by atoms with Gasteiger partial charge in [-0.2, -0.15) is 0 Å². The Balaban J connectivity index is 1.71. The fourth-order valence-electron chi connectivity index (χ4n) is 4.00. The van der Waals surface area contributed by atoms with E-state index in [1.165, 1.54) is 0 Å². The number of phosphoric ester groups is 1. The summed E-state index contributed by atoms with van der Waals surface area (Å²) in [6.07, 6.45) is -15.4. The van der Waals surface area contributed by atoms with Crippen molar-refractivity contribution in [2.45, 2.75) is 60.8 Å². The maximum Gasteiger partial charge on any atom is 0.481 e. The van der Waals surface area contributed by atoms with Gasteiger partial charge in [0.25, 0.3) is 5.56 Å². The first-order chi connectivity index (χ1) is 19.0. The van der Waals surface area contributed by atoms with Crippen molar-refractivity contribution in [3.05, 3.63) is 51.5 Å². The molecule has 0 saturated carbocycles. The summed E-state index contributed by atoms with van der Waals surface area (Å²) in [6.45, 7) is -3.39. The topological polar surface area (TPSA) is 300 Å². The van der Waals surface area contributed by atoms with Crippen LogP contribution in [-0.4, -0.2) is 123 Å². The highest BCUT2D eigenvalue weighted by atomic mass is 32.5. The largest absolute Gasteiger partial charge is 0.481 e. The summed E-state index contributed by atoms with van der Waals surface area (Å²) in [6, 6.07) is 0.929. The number of H-pyrrole nitrogens is 1. The van der Waals surface area contributed by atoms with Crippen LogP contribution in [0.4, 0.5) is 0 Å². The van der Waals surface area contributed by atoms with Crippen LogP contribution in [0.2, 0.25) is 0 Å². The van der Waals surface area contributed by atoms with Crippen LogP contribution in [0.1, 0.15) is 6.23 Å². The Morgan fingerprint density at radius 1 is 1.22 bits per heavy atom. The molecule has 0 amide bonds. The van der Waals surface area contributed by atoms with Gasteiger partial charge in [0.1, 0.15) is 42.7 Å². The van der Waals surface area contributed by atoms with Gasteiger partial charge >= 0.3 is 20.2 Å². The lowest BCUT2D eigenvalue weighted by molar-refractivity contribution is -0.292. The number of hydrogen-bond acceptors (Lipinski definition) is 16. The zero-order chi connectivity index (χ0) is 30.9. The Morgan fingerprint density at radius 3 is 2.46 bits per heavy atom. The zero-order valence-corrected chi connectivity index (χ0v) is 23.2. The molecule has 3 heterocycles. The fraction of sp³-hybridized carbons (Fsp3) is 0.632. The van der Waals surface area contributed by atoms with Gasteiger partial charge in [-0.15, -0.1) is 5.73 Å². The van der Waals surface area contributed by atoms with E-state index in [0.717, 1.165) is 22.9 Å². The molecular formula is C19H28N2O17P2S. The van der Waals surface area contributed by atoms with Crippen LogP contribution < -0.4 is 11.2 Å². The summed E-state index contributed by atoms with van der Waals surface area (Å²) >= 11 is 4.67. The van der Waals surface area contributed by atoms with Crippen molar-refractivity contribution in [3.8, 4) is 0 Å². The number of aliphatic hydroxyl groups is 7. The maximum absolute atomic E-state index is 12.5. The van der Waals surface area contributed by atoms with Gasteiger partial charge in [-0.25, -0.2) is 13.7 Å². The Hall–Kier alpha value is -1.48. The van der Waals surface area contributed by atoms with E-state index in [1.807, 2.05) is 4.98 Å². The predicted molar refractivity (Wildman–Crippen MR) is 134 cm³/mol. The number of rotatable bonds is 11. The van der Waals surface area contributed by atoms with Crippen LogP contribution in [0.25, 0.3) is 0 Å². The van der Waals surface area contributed by atoms with Crippen LogP contribution in [0, 0.1) is 0 Å². The minimum atomic E-state index is -5.52. The molecule has 19 nitrogen and oxygen atoms in total. The molecule has 0 bridgehead atoms. The Bertz CT molecular complexity index is 1350. The minimum Gasteiger partial charge on any atom is -0.394 e. The Morgan fingerprint density at radius 2 is 1.88 bits per heavy atom. The van der Waals surface area contributed by atoms with E-state index in [9.17, 15) is 54.6 Å². The number of nitrogens with zero attached hydrogens (tertiary/aromatic N) is 1. The third-order valence-corrected chi connectivity index (χ3v) is 9.50. The lowest BCUT2D eigenvalue weighted by atomic mass is 9.94. The molecule has 2 aliphatic heterocycles. The molecule has 2 aliphatic rings. The molecule has 41 heavy (non-hydrogen) atoms. The molecule has 12 atom stereocenters. The van der Waals surface area contributed by atoms with Crippen molar-refractivity contribution in [2.75, 3.05) is 13.2 Å². The molecule has 0 spiro atoms. The zero-order valence-electron chi connectivity index (χ0n) is 20.6. The number of hydrogen-bond donors (Lipinski definition) is 10. The standard InChI is InChI=1S/C19H28N2O17P2S/c1-2-4-19(30)15(28)9(35-17(19)21-5-3-10(24)20-18(21)29)7-34-40(33,41)38-39(31,32)37-16-13(27)11(25)12(26)14(36-16)8(23)6-22/h3-5,8-9,11-17,22-23,25-28,30H,1,6-7H2,(H,31,32)(H,33,41)(H,20,24,29)/t8-,9+,11?,12?,13?,14?,15+,16?,17+,19+,40?/m0/s1. The first-order valence-electron chi connectivity index (χ1n) is 11.4.